The van der Waals surface area contributed by atoms with Gasteiger partial charge in [0.25, 0.3) is 12.6 Å². The van der Waals surface area contributed by atoms with E-state index in [0.29, 0.717) is 0 Å². The predicted molar refractivity (Wildman–Crippen MR) is 64.4 cm³/mol. The third kappa shape index (κ3) is 5.66. The fourth-order valence-corrected chi connectivity index (χ4v) is 1.54. The molecule has 0 aromatic heterocycles. The third-order valence-corrected chi connectivity index (χ3v) is 2.16. The summed E-state index contributed by atoms with van der Waals surface area (Å²) in [5.74, 6) is -3.02. The summed E-state index contributed by atoms with van der Waals surface area (Å²) in [5, 5.41) is 0. The van der Waals surface area contributed by atoms with Gasteiger partial charge in [0.2, 0.25) is 6.10 Å². The van der Waals surface area contributed by atoms with Gasteiger partial charge in [-0.2, -0.15) is 0 Å². The van der Waals surface area contributed by atoms with Gasteiger partial charge in [0.05, 0.1) is 0 Å². The fourth-order valence-electron chi connectivity index (χ4n) is 1.54. The molecule has 124 valence electrons. The molecule has 2 atom stereocenters. The van der Waals surface area contributed by atoms with Crippen molar-refractivity contribution in [1.29, 1.82) is 0 Å². The minimum atomic E-state index is -1.60. The summed E-state index contributed by atoms with van der Waals surface area (Å²) in [6, 6.07) is 0. The minimum absolute atomic E-state index is 0.751. The SMILES string of the molecule is CC(=O)OC1OC(OC(C)=O)C(OC(C)=O)C(OC(C)=O)O1. The van der Waals surface area contributed by atoms with Gasteiger partial charge in [0.15, 0.2) is 0 Å². The molecule has 1 aliphatic rings. The van der Waals surface area contributed by atoms with Crippen LogP contribution in [0.5, 0.6) is 0 Å². The topological polar surface area (TPSA) is 124 Å². The molecule has 0 spiro atoms. The van der Waals surface area contributed by atoms with Crippen LogP contribution in [0.3, 0.4) is 0 Å². The first-order valence-corrected chi connectivity index (χ1v) is 6.19. The molecule has 1 fully saturated rings. The van der Waals surface area contributed by atoms with Crippen molar-refractivity contribution < 1.29 is 47.6 Å². The lowest BCUT2D eigenvalue weighted by atomic mass is 10.3. The largest absolute Gasteiger partial charge is 0.449 e. The molecule has 2 unspecified atom stereocenters. The zero-order valence-corrected chi connectivity index (χ0v) is 12.4. The maximum absolute atomic E-state index is 11.1. The Morgan fingerprint density at radius 1 is 0.636 bits per heavy atom. The molecule has 10 heteroatoms. The van der Waals surface area contributed by atoms with E-state index in [0.717, 1.165) is 27.7 Å². The van der Waals surface area contributed by atoms with Crippen LogP contribution in [0.1, 0.15) is 27.7 Å². The highest BCUT2D eigenvalue weighted by molar-refractivity contribution is 5.68. The van der Waals surface area contributed by atoms with E-state index in [9.17, 15) is 19.2 Å². The first-order chi connectivity index (χ1) is 10.2. The summed E-state index contributed by atoms with van der Waals surface area (Å²) in [6.07, 6.45) is -4.34. The second kappa shape index (κ2) is 7.71. The molecule has 10 nitrogen and oxygen atoms in total. The molecule has 0 radical (unpaired) electrons. The van der Waals surface area contributed by atoms with Crippen molar-refractivity contribution >= 4 is 23.9 Å². The molecule has 1 aliphatic heterocycles. The van der Waals surface area contributed by atoms with Crippen LogP contribution in [0.25, 0.3) is 0 Å². The molecule has 0 N–H and O–H groups in total. The van der Waals surface area contributed by atoms with E-state index in [2.05, 4.69) is 4.74 Å². The highest BCUT2D eigenvalue weighted by Gasteiger charge is 2.47. The van der Waals surface area contributed by atoms with Gasteiger partial charge in [-0.1, -0.05) is 0 Å². The van der Waals surface area contributed by atoms with E-state index in [1.807, 2.05) is 0 Å². The third-order valence-electron chi connectivity index (χ3n) is 2.16. The zero-order valence-electron chi connectivity index (χ0n) is 12.4. The fraction of sp³-hybridized carbons (Fsp3) is 0.667. The Labute approximate surface area is 125 Å². The predicted octanol–water partition coefficient (Wildman–Crippen LogP) is -0.410. The number of ether oxygens (including phenoxy) is 6. The van der Waals surface area contributed by atoms with E-state index in [1.165, 1.54) is 0 Å². The van der Waals surface area contributed by atoms with Crippen LogP contribution in [0.4, 0.5) is 0 Å². The molecule has 0 aliphatic carbocycles. The maximum Gasteiger partial charge on any atom is 0.324 e. The van der Waals surface area contributed by atoms with E-state index >= 15 is 0 Å². The molecule has 1 heterocycles. The monoisotopic (exact) mass is 320 g/mol. The van der Waals surface area contributed by atoms with E-state index in [-0.39, 0.29) is 0 Å². The minimum Gasteiger partial charge on any atom is -0.449 e. The molecule has 0 aromatic rings. The van der Waals surface area contributed by atoms with Gasteiger partial charge in [0.1, 0.15) is 0 Å². The molecule has 0 saturated carbocycles. The first-order valence-electron chi connectivity index (χ1n) is 6.19. The van der Waals surface area contributed by atoms with E-state index in [4.69, 9.17) is 23.7 Å². The quantitative estimate of drug-likeness (QED) is 0.498. The Balaban J connectivity index is 2.97. The maximum atomic E-state index is 11.1. The molecule has 1 saturated heterocycles. The van der Waals surface area contributed by atoms with Crippen LogP contribution in [0.2, 0.25) is 0 Å². The highest BCUT2D eigenvalue weighted by atomic mass is 16.9. The summed E-state index contributed by atoms with van der Waals surface area (Å²) in [5.41, 5.74) is 0. The lowest BCUT2D eigenvalue weighted by molar-refractivity contribution is -0.423. The van der Waals surface area contributed by atoms with Gasteiger partial charge in [0, 0.05) is 27.7 Å². The summed E-state index contributed by atoms with van der Waals surface area (Å²) < 4.78 is 29.3. The van der Waals surface area contributed by atoms with E-state index < -0.39 is 49.0 Å². The average Bonchev–Trinajstić information content (AvgIpc) is 2.30. The van der Waals surface area contributed by atoms with Crippen LogP contribution >= 0.6 is 0 Å². The normalized spacial score (nSPS) is 27.5. The van der Waals surface area contributed by atoms with Crippen LogP contribution in [0, 0.1) is 0 Å². The van der Waals surface area contributed by atoms with Crippen molar-refractivity contribution in [3.8, 4) is 0 Å². The Hall–Kier alpha value is -2.20. The Bertz CT molecular complexity index is 433. The van der Waals surface area contributed by atoms with Crippen LogP contribution in [-0.4, -0.2) is 49.0 Å². The van der Waals surface area contributed by atoms with Crippen molar-refractivity contribution in [2.75, 3.05) is 0 Å². The van der Waals surface area contributed by atoms with Crippen molar-refractivity contribution in [1.82, 2.24) is 0 Å². The molecular formula is C12H16O10. The number of carbonyl (C=O) groups excluding carboxylic acids is 4. The summed E-state index contributed by atoms with van der Waals surface area (Å²) in [6.45, 7) is 2.76. The van der Waals surface area contributed by atoms with Gasteiger partial charge in [-0.3, -0.25) is 28.7 Å². The lowest BCUT2D eigenvalue weighted by Crippen LogP contribution is -2.55. The number of hydrogen-bond donors (Lipinski definition) is 0. The van der Waals surface area contributed by atoms with Crippen molar-refractivity contribution in [3.63, 3.8) is 0 Å². The van der Waals surface area contributed by atoms with Gasteiger partial charge >= 0.3 is 30.4 Å². The Morgan fingerprint density at radius 2 is 1.00 bits per heavy atom. The standard InChI is InChI=1S/C12H16O10/c1-5(13)17-9-10(18-6(2)14)21-12(20-8(4)16)22-11(9)19-7(3)15/h9-12H,1-4H3. The van der Waals surface area contributed by atoms with Crippen LogP contribution in [0.15, 0.2) is 0 Å². The zero-order chi connectivity index (χ0) is 16.9. The van der Waals surface area contributed by atoms with Crippen molar-refractivity contribution in [2.24, 2.45) is 0 Å². The molecule has 0 amide bonds. The summed E-state index contributed by atoms with van der Waals surface area (Å²) in [4.78, 5) is 44.3. The van der Waals surface area contributed by atoms with Crippen LogP contribution in [-0.2, 0) is 47.6 Å². The second-order valence-corrected chi connectivity index (χ2v) is 4.20. The molecule has 0 aromatic carbocycles. The summed E-state index contributed by atoms with van der Waals surface area (Å²) in [7, 11) is 0. The van der Waals surface area contributed by atoms with Crippen LogP contribution < -0.4 is 0 Å². The van der Waals surface area contributed by atoms with Gasteiger partial charge < -0.3 is 18.9 Å². The Morgan fingerprint density at radius 3 is 1.32 bits per heavy atom. The van der Waals surface area contributed by atoms with Crippen molar-refractivity contribution in [3.05, 3.63) is 0 Å². The number of esters is 4. The molecule has 22 heavy (non-hydrogen) atoms. The van der Waals surface area contributed by atoms with Crippen molar-refractivity contribution in [2.45, 2.75) is 52.9 Å². The van der Waals surface area contributed by atoms with Gasteiger partial charge in [-0.15, -0.1) is 0 Å². The van der Waals surface area contributed by atoms with Gasteiger partial charge in [-0.25, -0.2) is 0 Å². The number of rotatable bonds is 4. The molecule has 1 rings (SSSR count). The molecule has 0 bridgehead atoms. The molecular weight excluding hydrogens is 304 g/mol. The summed E-state index contributed by atoms with van der Waals surface area (Å²) >= 11 is 0. The lowest BCUT2D eigenvalue weighted by Gasteiger charge is -2.38. The number of carbonyl (C=O) groups is 4. The first kappa shape index (κ1) is 17.9. The van der Waals surface area contributed by atoms with E-state index in [1.54, 1.807) is 0 Å². The van der Waals surface area contributed by atoms with Gasteiger partial charge in [-0.05, 0) is 0 Å². The highest BCUT2D eigenvalue weighted by Crippen LogP contribution is 2.25. The average molecular weight is 320 g/mol. The number of hydrogen-bond acceptors (Lipinski definition) is 10. The smallest absolute Gasteiger partial charge is 0.324 e. The second-order valence-electron chi connectivity index (χ2n) is 4.20. The Kier molecular flexibility index (Phi) is 6.25.